The van der Waals surface area contributed by atoms with Crippen molar-refractivity contribution in [2.24, 2.45) is 0 Å². The molecule has 5 heterocycles. The molecule has 0 aliphatic carbocycles. The zero-order chi connectivity index (χ0) is 27.1. The van der Waals surface area contributed by atoms with E-state index in [1.165, 1.54) is 17.5 Å². The van der Waals surface area contributed by atoms with E-state index < -0.39 is 12.6 Å². The van der Waals surface area contributed by atoms with Crippen LogP contribution in [0.25, 0.3) is 10.2 Å². The molecule has 2 aliphatic heterocycles. The number of hydrogen-bond donors (Lipinski definition) is 2. The lowest BCUT2D eigenvalue weighted by molar-refractivity contribution is -0.126. The molecule has 4 aromatic rings. The van der Waals surface area contributed by atoms with Gasteiger partial charge in [0, 0.05) is 48.0 Å². The van der Waals surface area contributed by atoms with E-state index in [2.05, 4.69) is 49.4 Å². The fourth-order valence-electron chi connectivity index (χ4n) is 5.51. The first-order valence-electron chi connectivity index (χ1n) is 12.9. The van der Waals surface area contributed by atoms with Crippen molar-refractivity contribution in [3.63, 3.8) is 0 Å². The van der Waals surface area contributed by atoms with Gasteiger partial charge in [0.2, 0.25) is 5.91 Å². The number of aromatic amines is 1. The van der Waals surface area contributed by atoms with Crippen molar-refractivity contribution in [1.29, 1.82) is 0 Å². The summed E-state index contributed by atoms with van der Waals surface area (Å²) in [6.07, 6.45) is 1.96. The zero-order valence-electron chi connectivity index (χ0n) is 21.4. The van der Waals surface area contributed by atoms with Gasteiger partial charge < -0.3 is 10.2 Å². The number of hydrogen-bond acceptors (Lipinski definition) is 7. The number of nitrogens with zero attached hydrogens (tertiary/aromatic N) is 5. The van der Waals surface area contributed by atoms with E-state index in [1.54, 1.807) is 12.3 Å². The number of piperidine rings is 1. The number of aromatic nitrogens is 4. The molecule has 204 valence electrons. The second kappa shape index (κ2) is 10.2. The minimum atomic E-state index is -4.25. The molecule has 0 saturated carbocycles. The number of alkyl halides is 3. The van der Waals surface area contributed by atoms with Crippen molar-refractivity contribution < 1.29 is 18.0 Å². The van der Waals surface area contributed by atoms with Crippen molar-refractivity contribution in [2.75, 3.05) is 23.3 Å². The lowest BCUT2D eigenvalue weighted by Crippen LogP contribution is -2.39. The zero-order valence-corrected chi connectivity index (χ0v) is 22.2. The number of carbonyl (C=O) groups is 1. The molecule has 1 aromatic carbocycles. The van der Waals surface area contributed by atoms with Crippen LogP contribution in [0.5, 0.6) is 0 Å². The number of nitrogens with one attached hydrogen (secondary N) is 2. The third-order valence-electron chi connectivity index (χ3n) is 7.58. The number of rotatable bonds is 7. The van der Waals surface area contributed by atoms with Gasteiger partial charge in [-0.3, -0.25) is 14.8 Å². The normalized spacial score (nSPS) is 16.8. The molecular weight excluding hydrogens is 527 g/mol. The fraction of sp³-hybridized carbons (Fsp3) is 0.407. The summed E-state index contributed by atoms with van der Waals surface area (Å²) in [6, 6.07) is 5.93. The van der Waals surface area contributed by atoms with Crippen LogP contribution in [-0.4, -0.2) is 56.3 Å². The molecule has 0 unspecified atom stereocenters. The molecule has 1 amide bonds. The molecule has 12 heteroatoms. The first-order chi connectivity index (χ1) is 18.7. The maximum atomic E-state index is 12.9. The molecular formula is C27H28F3N7OS. The monoisotopic (exact) mass is 555 g/mol. The van der Waals surface area contributed by atoms with Crippen LogP contribution < -0.4 is 10.2 Å². The van der Waals surface area contributed by atoms with Crippen molar-refractivity contribution in [2.45, 2.75) is 57.9 Å². The third-order valence-corrected chi connectivity index (χ3v) is 8.62. The summed E-state index contributed by atoms with van der Waals surface area (Å²) in [5.41, 5.74) is 5.45. The first kappa shape index (κ1) is 25.8. The van der Waals surface area contributed by atoms with Crippen LogP contribution in [0.1, 0.15) is 40.0 Å². The van der Waals surface area contributed by atoms with Crippen LogP contribution in [0.15, 0.2) is 36.9 Å². The Morgan fingerprint density at radius 3 is 2.74 bits per heavy atom. The van der Waals surface area contributed by atoms with Gasteiger partial charge in [-0.1, -0.05) is 6.07 Å². The van der Waals surface area contributed by atoms with Crippen LogP contribution >= 0.6 is 11.3 Å². The minimum Gasteiger partial charge on any atom is -0.367 e. The molecule has 1 fully saturated rings. The Balaban J connectivity index is 1.08. The minimum absolute atomic E-state index is 0.105. The number of anilines is 2. The topological polar surface area (TPSA) is 90.0 Å². The lowest BCUT2D eigenvalue weighted by atomic mass is 9.98. The Kier molecular flexibility index (Phi) is 6.76. The Bertz CT molecular complexity index is 1490. The van der Waals surface area contributed by atoms with Crippen LogP contribution in [-0.2, 0) is 30.7 Å². The average molecular weight is 556 g/mol. The third kappa shape index (κ3) is 5.48. The number of amides is 1. The van der Waals surface area contributed by atoms with Gasteiger partial charge in [0.1, 0.15) is 17.0 Å². The van der Waals surface area contributed by atoms with Crippen LogP contribution in [0.3, 0.4) is 0 Å². The predicted molar refractivity (Wildman–Crippen MR) is 144 cm³/mol. The molecule has 0 radical (unpaired) electrons. The Hall–Kier alpha value is -3.51. The van der Waals surface area contributed by atoms with Gasteiger partial charge in [-0.15, -0.1) is 11.3 Å². The van der Waals surface area contributed by atoms with E-state index in [0.29, 0.717) is 29.0 Å². The summed E-state index contributed by atoms with van der Waals surface area (Å²) in [5.74, 6) is 0.704. The number of carbonyl (C=O) groups excluding carboxylic acids is 1. The van der Waals surface area contributed by atoms with Gasteiger partial charge in [-0.2, -0.15) is 18.3 Å². The summed E-state index contributed by atoms with van der Waals surface area (Å²) in [5, 5.41) is 10.9. The van der Waals surface area contributed by atoms with Gasteiger partial charge >= 0.3 is 6.18 Å². The maximum Gasteiger partial charge on any atom is 0.393 e. The number of benzene rings is 1. The highest BCUT2D eigenvalue weighted by molar-refractivity contribution is 7.18. The summed E-state index contributed by atoms with van der Waals surface area (Å²) < 4.78 is 38.6. The smallest absolute Gasteiger partial charge is 0.367 e. The van der Waals surface area contributed by atoms with Crippen LogP contribution in [0.2, 0.25) is 0 Å². The summed E-state index contributed by atoms with van der Waals surface area (Å²) in [7, 11) is 0. The Morgan fingerprint density at radius 1 is 1.18 bits per heavy atom. The summed E-state index contributed by atoms with van der Waals surface area (Å²) in [4.78, 5) is 26.3. The van der Waals surface area contributed by atoms with E-state index in [-0.39, 0.29) is 16.8 Å². The van der Waals surface area contributed by atoms with E-state index >= 15 is 0 Å². The fourth-order valence-corrected chi connectivity index (χ4v) is 6.54. The van der Waals surface area contributed by atoms with Crippen LogP contribution in [0, 0.1) is 6.92 Å². The predicted octanol–water partition coefficient (Wildman–Crippen LogP) is 4.99. The van der Waals surface area contributed by atoms with Crippen molar-refractivity contribution >= 4 is 39.0 Å². The summed E-state index contributed by atoms with van der Waals surface area (Å²) >= 11 is 1.06. The van der Waals surface area contributed by atoms with E-state index in [1.807, 2.05) is 11.1 Å². The molecule has 8 nitrogen and oxygen atoms in total. The molecule has 39 heavy (non-hydrogen) atoms. The largest absolute Gasteiger partial charge is 0.393 e. The van der Waals surface area contributed by atoms with Crippen molar-refractivity contribution in [3.8, 4) is 0 Å². The standard InChI is InChI=1S/C27H28F3N7OS/c1-16-18(2-3-23-21(16)9-24(38)37(23)13-17-11-33-34-12-17)14-36-6-4-19(5-7-36)35-25-22-8-20(10-27(28,29)30)39-26(22)32-15-31-25/h2-3,8,11-12,15,19H,4-7,9-10,13-14H2,1H3,(H,33,34)(H,31,32,35). The number of halogens is 3. The van der Waals surface area contributed by atoms with Gasteiger partial charge in [0.05, 0.1) is 31.0 Å². The molecule has 2 N–H and O–H groups in total. The van der Waals surface area contributed by atoms with Crippen LogP contribution in [0.4, 0.5) is 24.7 Å². The maximum absolute atomic E-state index is 12.9. The SMILES string of the molecule is Cc1c(CN2CCC(Nc3ncnc4sc(CC(F)(F)F)cc34)CC2)ccc2c1CC(=O)N2Cc1cn[nH]c1. The second-order valence-electron chi connectivity index (χ2n) is 10.3. The van der Waals surface area contributed by atoms with Gasteiger partial charge in [0.15, 0.2) is 0 Å². The molecule has 2 aliphatic rings. The molecule has 6 rings (SSSR count). The van der Waals surface area contributed by atoms with E-state index in [4.69, 9.17) is 0 Å². The average Bonchev–Trinajstić information content (AvgIpc) is 3.62. The van der Waals surface area contributed by atoms with Gasteiger partial charge in [-0.05, 0) is 48.6 Å². The number of H-pyrrole nitrogens is 1. The molecule has 0 bridgehead atoms. The number of thiophene rings is 1. The highest BCUT2D eigenvalue weighted by atomic mass is 32.1. The summed E-state index contributed by atoms with van der Waals surface area (Å²) in [6.45, 7) is 5.19. The van der Waals surface area contributed by atoms with Gasteiger partial charge in [-0.25, -0.2) is 9.97 Å². The molecule has 0 spiro atoms. The number of likely N-dealkylation sites (tertiary alicyclic amines) is 1. The lowest BCUT2D eigenvalue weighted by Gasteiger charge is -2.33. The van der Waals surface area contributed by atoms with Crippen molar-refractivity contribution in [1.82, 2.24) is 25.1 Å². The van der Waals surface area contributed by atoms with Crippen molar-refractivity contribution in [3.05, 3.63) is 64.1 Å². The Labute approximate surface area is 227 Å². The Morgan fingerprint density at radius 2 is 2.00 bits per heavy atom. The van der Waals surface area contributed by atoms with E-state index in [9.17, 15) is 18.0 Å². The number of fused-ring (bicyclic) bond motifs is 2. The molecule has 0 atom stereocenters. The van der Waals surface area contributed by atoms with Gasteiger partial charge in [0.25, 0.3) is 0 Å². The highest BCUT2D eigenvalue weighted by Gasteiger charge is 2.31. The van der Waals surface area contributed by atoms with E-state index in [0.717, 1.165) is 60.6 Å². The molecule has 3 aromatic heterocycles. The highest BCUT2D eigenvalue weighted by Crippen LogP contribution is 2.36. The molecule has 1 saturated heterocycles. The quantitative estimate of drug-likeness (QED) is 0.334. The first-order valence-corrected chi connectivity index (χ1v) is 13.7. The second-order valence-corrected chi connectivity index (χ2v) is 11.4.